The second kappa shape index (κ2) is 9.91. The van der Waals surface area contributed by atoms with Gasteiger partial charge in [-0.15, -0.1) is 0 Å². The molecule has 2 fully saturated rings. The van der Waals surface area contributed by atoms with Gasteiger partial charge >= 0.3 is 0 Å². The van der Waals surface area contributed by atoms with E-state index in [-0.39, 0.29) is 5.91 Å². The zero-order valence-corrected chi connectivity index (χ0v) is 20.2. The number of hydrogen-bond acceptors (Lipinski definition) is 4. The van der Waals surface area contributed by atoms with Gasteiger partial charge in [-0.3, -0.25) is 4.79 Å². The molecule has 8 heteroatoms. The number of imidazole rings is 1. The van der Waals surface area contributed by atoms with Crippen LogP contribution in [0.15, 0.2) is 23.1 Å². The van der Waals surface area contributed by atoms with E-state index in [0.717, 1.165) is 69.5 Å². The first-order valence-corrected chi connectivity index (χ1v) is 13.6. The Kier molecular flexibility index (Phi) is 7.20. The predicted molar refractivity (Wildman–Crippen MR) is 126 cm³/mol. The van der Waals surface area contributed by atoms with E-state index in [1.165, 1.54) is 0 Å². The van der Waals surface area contributed by atoms with E-state index in [4.69, 9.17) is 4.98 Å². The summed E-state index contributed by atoms with van der Waals surface area (Å²) in [6, 6.07) is 5.31. The van der Waals surface area contributed by atoms with Gasteiger partial charge in [0.25, 0.3) is 0 Å². The van der Waals surface area contributed by atoms with Crippen molar-refractivity contribution in [3.63, 3.8) is 0 Å². The number of aromatic nitrogens is 2. The number of piperidine rings is 1. The second-order valence-corrected chi connectivity index (χ2v) is 11.3. The molecular weight excluding hydrogens is 424 g/mol. The summed E-state index contributed by atoms with van der Waals surface area (Å²) >= 11 is 0. The largest absolute Gasteiger partial charge is 0.343 e. The van der Waals surface area contributed by atoms with E-state index < -0.39 is 10.0 Å². The minimum atomic E-state index is -3.47. The molecule has 0 atom stereocenters. The van der Waals surface area contributed by atoms with Crippen LogP contribution < -0.4 is 0 Å². The van der Waals surface area contributed by atoms with Crippen molar-refractivity contribution in [2.45, 2.75) is 76.7 Å². The van der Waals surface area contributed by atoms with Crippen LogP contribution in [0.4, 0.5) is 0 Å². The van der Waals surface area contributed by atoms with Crippen LogP contribution in [-0.4, -0.2) is 59.3 Å². The third-order valence-electron chi connectivity index (χ3n) is 6.94. The third-order valence-corrected chi connectivity index (χ3v) is 8.83. The normalized spacial score (nSPS) is 18.6. The lowest BCUT2D eigenvalue weighted by Gasteiger charge is -2.30. The molecule has 2 aliphatic heterocycles. The molecule has 0 spiro atoms. The van der Waals surface area contributed by atoms with Gasteiger partial charge < -0.3 is 9.47 Å². The van der Waals surface area contributed by atoms with Crippen LogP contribution in [0.1, 0.15) is 64.6 Å². The standard InChI is InChI=1S/C24H36N4O3S/c1-3-4-15-28-22-8-7-20(32(30,31)27-13-5-6-14-27)18-21(22)25-23(28)9-10-24(29)26-16-11-19(2)12-17-26/h7-8,18-19H,3-6,9-17H2,1-2H3. The second-order valence-electron chi connectivity index (χ2n) is 9.36. The van der Waals surface area contributed by atoms with Crippen molar-refractivity contribution in [1.29, 1.82) is 0 Å². The molecule has 2 aromatic rings. The van der Waals surface area contributed by atoms with Crippen LogP contribution in [-0.2, 0) is 27.8 Å². The number of amides is 1. The van der Waals surface area contributed by atoms with Crippen molar-refractivity contribution < 1.29 is 13.2 Å². The Hall–Kier alpha value is -1.93. The number of carbonyl (C=O) groups excluding carboxylic acids is 1. The molecule has 3 heterocycles. The molecule has 1 amide bonds. The van der Waals surface area contributed by atoms with E-state index >= 15 is 0 Å². The van der Waals surface area contributed by atoms with E-state index in [0.29, 0.717) is 42.3 Å². The lowest BCUT2D eigenvalue weighted by atomic mass is 9.99. The van der Waals surface area contributed by atoms with Crippen LogP contribution >= 0.6 is 0 Å². The van der Waals surface area contributed by atoms with Crippen LogP contribution in [0.2, 0.25) is 0 Å². The van der Waals surface area contributed by atoms with Gasteiger partial charge in [0, 0.05) is 45.6 Å². The first-order chi connectivity index (χ1) is 15.4. The molecule has 32 heavy (non-hydrogen) atoms. The first-order valence-electron chi connectivity index (χ1n) is 12.2. The molecule has 0 radical (unpaired) electrons. The molecule has 2 saturated heterocycles. The molecule has 2 aliphatic rings. The number of carbonyl (C=O) groups is 1. The number of hydrogen-bond donors (Lipinski definition) is 0. The van der Waals surface area contributed by atoms with Crippen molar-refractivity contribution in [3.8, 4) is 0 Å². The maximum atomic E-state index is 13.0. The average Bonchev–Trinajstić information content (AvgIpc) is 3.44. The highest BCUT2D eigenvalue weighted by Crippen LogP contribution is 2.26. The zero-order valence-electron chi connectivity index (χ0n) is 19.4. The van der Waals surface area contributed by atoms with Crippen LogP contribution in [0.3, 0.4) is 0 Å². The quantitative estimate of drug-likeness (QED) is 0.600. The summed E-state index contributed by atoms with van der Waals surface area (Å²) in [7, 11) is -3.47. The van der Waals surface area contributed by atoms with E-state index in [9.17, 15) is 13.2 Å². The Labute approximate surface area is 191 Å². The third kappa shape index (κ3) is 4.86. The van der Waals surface area contributed by atoms with Gasteiger partial charge in [-0.25, -0.2) is 13.4 Å². The minimum Gasteiger partial charge on any atom is -0.343 e. The average molecular weight is 461 g/mol. The van der Waals surface area contributed by atoms with Gasteiger partial charge in [0.15, 0.2) is 0 Å². The van der Waals surface area contributed by atoms with Gasteiger partial charge in [-0.1, -0.05) is 20.3 Å². The smallest absolute Gasteiger partial charge is 0.243 e. The Morgan fingerprint density at radius 3 is 2.53 bits per heavy atom. The molecule has 4 rings (SSSR count). The summed E-state index contributed by atoms with van der Waals surface area (Å²) < 4.78 is 29.7. The van der Waals surface area contributed by atoms with Crippen molar-refractivity contribution >= 4 is 27.0 Å². The molecule has 7 nitrogen and oxygen atoms in total. The monoisotopic (exact) mass is 460 g/mol. The fourth-order valence-corrected chi connectivity index (χ4v) is 6.33. The summed E-state index contributed by atoms with van der Waals surface area (Å²) in [5.41, 5.74) is 1.66. The molecule has 1 aromatic carbocycles. The van der Waals surface area contributed by atoms with Gasteiger partial charge in [0.2, 0.25) is 15.9 Å². The number of sulfonamides is 1. The minimum absolute atomic E-state index is 0.197. The van der Waals surface area contributed by atoms with Gasteiger partial charge in [0.05, 0.1) is 15.9 Å². The maximum absolute atomic E-state index is 13.0. The summed E-state index contributed by atoms with van der Waals surface area (Å²) in [4.78, 5) is 19.9. The van der Waals surface area contributed by atoms with Gasteiger partial charge in [-0.2, -0.15) is 4.31 Å². The number of nitrogens with zero attached hydrogens (tertiary/aromatic N) is 4. The van der Waals surface area contributed by atoms with Gasteiger partial charge in [-0.05, 0) is 56.2 Å². The molecule has 0 aliphatic carbocycles. The van der Waals surface area contributed by atoms with Crippen molar-refractivity contribution in [3.05, 3.63) is 24.0 Å². The number of likely N-dealkylation sites (tertiary alicyclic amines) is 1. The number of fused-ring (bicyclic) bond motifs is 1. The number of aryl methyl sites for hydroxylation is 2. The van der Waals surface area contributed by atoms with Crippen molar-refractivity contribution in [1.82, 2.24) is 18.8 Å². The maximum Gasteiger partial charge on any atom is 0.243 e. The highest BCUT2D eigenvalue weighted by molar-refractivity contribution is 7.89. The molecule has 0 unspecified atom stereocenters. The van der Waals surface area contributed by atoms with Crippen LogP contribution in [0, 0.1) is 5.92 Å². The predicted octanol–water partition coefficient (Wildman–Crippen LogP) is 3.81. The lowest BCUT2D eigenvalue weighted by molar-refractivity contribution is -0.132. The summed E-state index contributed by atoms with van der Waals surface area (Å²) in [6.07, 6.45) is 7.10. The topological polar surface area (TPSA) is 75.5 Å². The number of benzene rings is 1. The highest BCUT2D eigenvalue weighted by Gasteiger charge is 2.28. The molecule has 0 N–H and O–H groups in total. The van der Waals surface area contributed by atoms with Crippen LogP contribution in [0.25, 0.3) is 11.0 Å². The molecular formula is C24H36N4O3S. The SMILES string of the molecule is CCCCn1c(CCC(=O)N2CCC(C)CC2)nc2cc(S(=O)(=O)N3CCCC3)ccc21. The molecule has 176 valence electrons. The fourth-order valence-electron chi connectivity index (χ4n) is 4.79. The van der Waals surface area contributed by atoms with Crippen molar-refractivity contribution in [2.24, 2.45) is 5.92 Å². The summed E-state index contributed by atoms with van der Waals surface area (Å²) in [6.45, 7) is 8.11. The molecule has 1 aromatic heterocycles. The van der Waals surface area contributed by atoms with Gasteiger partial charge in [0.1, 0.15) is 5.82 Å². The van der Waals surface area contributed by atoms with E-state index in [1.807, 2.05) is 11.0 Å². The fraction of sp³-hybridized carbons (Fsp3) is 0.667. The Morgan fingerprint density at radius 2 is 1.84 bits per heavy atom. The lowest BCUT2D eigenvalue weighted by Crippen LogP contribution is -2.38. The Morgan fingerprint density at radius 1 is 1.12 bits per heavy atom. The van der Waals surface area contributed by atoms with E-state index in [1.54, 1.807) is 16.4 Å². The van der Waals surface area contributed by atoms with Crippen LogP contribution in [0.5, 0.6) is 0 Å². The summed E-state index contributed by atoms with van der Waals surface area (Å²) in [5.74, 6) is 1.77. The Bertz CT molecular complexity index is 1050. The number of rotatable bonds is 8. The zero-order chi connectivity index (χ0) is 22.7. The summed E-state index contributed by atoms with van der Waals surface area (Å²) in [5, 5.41) is 0. The first kappa shape index (κ1) is 23.2. The Balaban J connectivity index is 1.56. The highest BCUT2D eigenvalue weighted by atomic mass is 32.2. The molecule has 0 bridgehead atoms. The van der Waals surface area contributed by atoms with E-state index in [2.05, 4.69) is 18.4 Å². The van der Waals surface area contributed by atoms with Crippen molar-refractivity contribution in [2.75, 3.05) is 26.2 Å². The molecule has 0 saturated carbocycles. The number of unbranched alkanes of at least 4 members (excludes halogenated alkanes) is 1.